The van der Waals surface area contributed by atoms with Crippen molar-refractivity contribution in [3.63, 3.8) is 0 Å². The zero-order valence-electron chi connectivity index (χ0n) is 16.0. The molecule has 0 aromatic heterocycles. The molecule has 2 aromatic carbocycles. The number of carbonyl (C=O) groups is 1. The highest BCUT2D eigenvalue weighted by Crippen LogP contribution is 2.25. The van der Waals surface area contributed by atoms with E-state index in [0.717, 1.165) is 42.5 Å². The number of hydrogen-bond donors (Lipinski definition) is 1. The van der Waals surface area contributed by atoms with E-state index in [2.05, 4.69) is 23.1 Å². The van der Waals surface area contributed by atoms with Gasteiger partial charge in [0.15, 0.2) is 6.04 Å². The Bertz CT molecular complexity index is 787. The topological polar surface area (TPSA) is 37.2 Å². The Hall–Kier alpha value is -2.08. The Kier molecular flexibility index (Phi) is 6.15. The molecule has 0 unspecified atom stereocenters. The van der Waals surface area contributed by atoms with Crippen LogP contribution in [0.1, 0.15) is 11.6 Å². The van der Waals surface area contributed by atoms with Gasteiger partial charge < -0.3 is 19.4 Å². The summed E-state index contributed by atoms with van der Waals surface area (Å²) in [5.74, 6) is 0.218. The number of para-hydroxylation sites is 1. The van der Waals surface area contributed by atoms with E-state index in [4.69, 9.17) is 16.3 Å². The number of piperazine rings is 1. The first-order valence-electron chi connectivity index (χ1n) is 9.99. The van der Waals surface area contributed by atoms with Crippen LogP contribution in [0.5, 0.6) is 0 Å². The molecule has 5 nitrogen and oxygen atoms in total. The van der Waals surface area contributed by atoms with Gasteiger partial charge in [0.1, 0.15) is 0 Å². The van der Waals surface area contributed by atoms with Gasteiger partial charge in [-0.15, -0.1) is 0 Å². The summed E-state index contributed by atoms with van der Waals surface area (Å²) in [6.45, 7) is 6.20. The van der Waals surface area contributed by atoms with Gasteiger partial charge >= 0.3 is 0 Å². The first-order chi connectivity index (χ1) is 13.7. The number of morpholine rings is 1. The van der Waals surface area contributed by atoms with E-state index in [1.165, 1.54) is 4.90 Å². The minimum Gasteiger partial charge on any atom is -0.378 e. The minimum atomic E-state index is -0.160. The third-order valence-corrected chi connectivity index (χ3v) is 6.03. The molecule has 0 radical (unpaired) electrons. The lowest BCUT2D eigenvalue weighted by atomic mass is 10.0. The van der Waals surface area contributed by atoms with Crippen LogP contribution in [0, 0.1) is 0 Å². The number of amides is 1. The third-order valence-electron chi connectivity index (χ3n) is 5.71. The van der Waals surface area contributed by atoms with Crippen molar-refractivity contribution in [1.82, 2.24) is 4.90 Å². The summed E-state index contributed by atoms with van der Waals surface area (Å²) >= 11 is 6.38. The monoisotopic (exact) mass is 400 g/mol. The molecule has 28 heavy (non-hydrogen) atoms. The Morgan fingerprint density at radius 1 is 0.929 bits per heavy atom. The lowest BCUT2D eigenvalue weighted by Gasteiger charge is -2.39. The average molecular weight is 401 g/mol. The Balaban J connectivity index is 1.51. The Morgan fingerprint density at radius 2 is 1.57 bits per heavy atom. The molecular weight excluding hydrogens is 374 g/mol. The fourth-order valence-corrected chi connectivity index (χ4v) is 4.45. The highest BCUT2D eigenvalue weighted by atomic mass is 35.5. The van der Waals surface area contributed by atoms with Crippen LogP contribution in [0.25, 0.3) is 0 Å². The maximum Gasteiger partial charge on any atom is 0.285 e. The molecule has 2 aromatic rings. The fraction of sp³-hybridized carbons (Fsp3) is 0.409. The second-order valence-corrected chi connectivity index (χ2v) is 7.79. The number of benzene rings is 2. The zero-order chi connectivity index (χ0) is 19.3. The molecular formula is C22H27ClN3O2+. The van der Waals surface area contributed by atoms with Crippen molar-refractivity contribution in [2.45, 2.75) is 6.04 Å². The lowest BCUT2D eigenvalue weighted by molar-refractivity contribution is -0.923. The zero-order valence-corrected chi connectivity index (χ0v) is 16.8. The van der Waals surface area contributed by atoms with E-state index in [1.807, 2.05) is 41.3 Å². The van der Waals surface area contributed by atoms with Gasteiger partial charge in [-0.05, 0) is 12.1 Å². The van der Waals surface area contributed by atoms with Crippen LogP contribution in [-0.4, -0.2) is 63.3 Å². The number of nitrogens with zero attached hydrogens (tertiary/aromatic N) is 2. The number of carbonyl (C=O) groups excluding carboxylic acids is 1. The van der Waals surface area contributed by atoms with Gasteiger partial charge in [0.2, 0.25) is 0 Å². The molecule has 2 fully saturated rings. The van der Waals surface area contributed by atoms with Crippen LogP contribution in [0.4, 0.5) is 5.69 Å². The van der Waals surface area contributed by atoms with Gasteiger partial charge in [-0.1, -0.05) is 54.1 Å². The Morgan fingerprint density at radius 3 is 2.25 bits per heavy atom. The first kappa shape index (κ1) is 19.2. The molecule has 6 heteroatoms. The van der Waals surface area contributed by atoms with Gasteiger partial charge in [0.05, 0.1) is 50.1 Å². The molecule has 4 rings (SSSR count). The van der Waals surface area contributed by atoms with E-state index in [-0.39, 0.29) is 11.9 Å². The van der Waals surface area contributed by atoms with Gasteiger partial charge in [0, 0.05) is 18.7 Å². The number of quaternary nitrogens is 1. The Labute approximate surface area is 171 Å². The van der Waals surface area contributed by atoms with E-state index in [1.54, 1.807) is 0 Å². The van der Waals surface area contributed by atoms with Crippen LogP contribution in [0.3, 0.4) is 0 Å². The SMILES string of the molecule is O=C([C@H](c1ccccc1)[NH+]1CCN(c2ccccc2Cl)CC1)N1CCOCC1. The predicted molar refractivity (Wildman–Crippen MR) is 111 cm³/mol. The van der Waals surface area contributed by atoms with Gasteiger partial charge in [-0.25, -0.2) is 0 Å². The van der Waals surface area contributed by atoms with Crippen LogP contribution < -0.4 is 9.80 Å². The molecule has 1 atom stereocenters. The number of hydrogen-bond acceptors (Lipinski definition) is 3. The standard InChI is InChI=1S/C22H26ClN3O2/c23-19-8-4-5-9-20(19)24-10-12-25(13-11-24)21(18-6-2-1-3-7-18)22(27)26-14-16-28-17-15-26/h1-9,21H,10-17H2/p+1/t21-/m0/s1. The molecule has 2 aliphatic rings. The average Bonchev–Trinajstić information content (AvgIpc) is 2.76. The van der Waals surface area contributed by atoms with Crippen LogP contribution in [0.15, 0.2) is 54.6 Å². The van der Waals surface area contributed by atoms with Crippen LogP contribution in [0.2, 0.25) is 5.02 Å². The maximum atomic E-state index is 13.4. The van der Waals surface area contributed by atoms with Gasteiger partial charge in [0.25, 0.3) is 5.91 Å². The third kappa shape index (κ3) is 4.17. The molecule has 0 spiro atoms. The number of ether oxygens (including phenoxy) is 1. The summed E-state index contributed by atoms with van der Waals surface area (Å²) in [5, 5.41) is 0.787. The molecule has 0 bridgehead atoms. The van der Waals surface area contributed by atoms with Crippen LogP contribution in [-0.2, 0) is 9.53 Å². The summed E-state index contributed by atoms with van der Waals surface area (Å²) in [4.78, 5) is 19.0. The van der Waals surface area contributed by atoms with Crippen molar-refractivity contribution >= 4 is 23.2 Å². The smallest absolute Gasteiger partial charge is 0.285 e. The normalized spacial score (nSPS) is 19.5. The second kappa shape index (κ2) is 8.95. The first-order valence-corrected chi connectivity index (χ1v) is 10.4. The minimum absolute atomic E-state index is 0.160. The van der Waals surface area contributed by atoms with E-state index >= 15 is 0 Å². The summed E-state index contributed by atoms with van der Waals surface area (Å²) in [6, 6.07) is 18.0. The molecule has 148 valence electrons. The molecule has 2 heterocycles. The molecule has 0 aliphatic carbocycles. The van der Waals surface area contributed by atoms with Gasteiger partial charge in [-0.2, -0.15) is 0 Å². The van der Waals surface area contributed by atoms with Crippen molar-refractivity contribution < 1.29 is 14.4 Å². The van der Waals surface area contributed by atoms with E-state index in [9.17, 15) is 4.79 Å². The highest BCUT2D eigenvalue weighted by molar-refractivity contribution is 6.33. The van der Waals surface area contributed by atoms with Crippen molar-refractivity contribution in [2.24, 2.45) is 0 Å². The number of nitrogens with one attached hydrogen (secondary N) is 1. The molecule has 2 saturated heterocycles. The summed E-state index contributed by atoms with van der Waals surface area (Å²) in [7, 11) is 0. The van der Waals surface area contributed by atoms with Crippen molar-refractivity contribution in [3.05, 3.63) is 65.2 Å². The van der Waals surface area contributed by atoms with E-state index < -0.39 is 0 Å². The van der Waals surface area contributed by atoms with Crippen molar-refractivity contribution in [3.8, 4) is 0 Å². The summed E-state index contributed by atoms with van der Waals surface area (Å²) in [5.41, 5.74) is 2.18. The fourth-order valence-electron chi connectivity index (χ4n) is 4.20. The number of anilines is 1. The molecule has 1 amide bonds. The summed E-state index contributed by atoms with van der Waals surface area (Å²) in [6.07, 6.45) is 0. The maximum absolute atomic E-state index is 13.4. The van der Waals surface area contributed by atoms with Crippen molar-refractivity contribution in [1.29, 1.82) is 0 Å². The predicted octanol–water partition coefficient (Wildman–Crippen LogP) is 1.64. The van der Waals surface area contributed by atoms with Crippen LogP contribution >= 0.6 is 11.6 Å². The van der Waals surface area contributed by atoms with Crippen molar-refractivity contribution in [2.75, 3.05) is 57.4 Å². The molecule has 1 N–H and O–H groups in total. The lowest BCUT2D eigenvalue weighted by Crippen LogP contribution is -3.16. The van der Waals surface area contributed by atoms with E-state index in [0.29, 0.717) is 26.3 Å². The number of rotatable bonds is 4. The second-order valence-electron chi connectivity index (χ2n) is 7.38. The molecule has 2 aliphatic heterocycles. The highest BCUT2D eigenvalue weighted by Gasteiger charge is 2.37. The largest absolute Gasteiger partial charge is 0.378 e. The number of halogens is 1. The quantitative estimate of drug-likeness (QED) is 0.847. The summed E-state index contributed by atoms with van der Waals surface area (Å²) < 4.78 is 5.44. The molecule has 0 saturated carbocycles. The van der Waals surface area contributed by atoms with Gasteiger partial charge in [-0.3, -0.25) is 4.79 Å².